The average molecular weight is 1860 g/mol. The van der Waals surface area contributed by atoms with E-state index >= 15 is 9.59 Å². The van der Waals surface area contributed by atoms with E-state index in [1.807, 2.05) is 152 Å². The predicted octanol–water partition coefficient (Wildman–Crippen LogP) is 15.1. The number of carbonyl (C=O) groups excluding carboxylic acids is 9. The molecule has 0 spiro atoms. The molecular weight excluding hydrogens is 1730 g/mol. The van der Waals surface area contributed by atoms with Crippen LogP contribution in [0.1, 0.15) is 169 Å². The van der Waals surface area contributed by atoms with Crippen molar-refractivity contribution < 1.29 is 89.3 Å². The number of urea groups is 1. The number of quaternary nitrogens is 1. The van der Waals surface area contributed by atoms with E-state index < -0.39 is 74.1 Å². The molecule has 32 heteroatoms. The van der Waals surface area contributed by atoms with Crippen molar-refractivity contribution in [1.82, 2.24) is 39.8 Å². The summed E-state index contributed by atoms with van der Waals surface area (Å²) < 4.78 is 66.8. The van der Waals surface area contributed by atoms with Crippen molar-refractivity contribution in [3.05, 3.63) is 242 Å². The molecule has 9 amide bonds. The number of hydrogen-bond acceptors (Lipinski definition) is 16. The molecule has 710 valence electrons. The van der Waals surface area contributed by atoms with Gasteiger partial charge in [-0.15, -0.1) is 0 Å². The first kappa shape index (κ1) is 99.8. The zero-order valence-electron chi connectivity index (χ0n) is 79.1. The lowest BCUT2D eigenvalue weighted by atomic mass is 9.89. The minimum absolute atomic E-state index is 0.0431. The van der Waals surface area contributed by atoms with Crippen LogP contribution in [0.5, 0.6) is 11.5 Å². The minimum atomic E-state index is -5.19. The van der Waals surface area contributed by atoms with Gasteiger partial charge in [-0.1, -0.05) is 126 Å². The van der Waals surface area contributed by atoms with E-state index in [0.717, 1.165) is 61.3 Å². The molecule has 6 N–H and O–H groups in total. The van der Waals surface area contributed by atoms with Gasteiger partial charge in [0.05, 0.1) is 30.9 Å². The summed E-state index contributed by atoms with van der Waals surface area (Å²) in [5, 5.41) is 30.1. The van der Waals surface area contributed by atoms with Crippen LogP contribution in [0.4, 0.5) is 44.6 Å². The smallest absolute Gasteiger partial charge is 0.430 e. The second-order valence-corrected chi connectivity index (χ2v) is 42.7. The summed E-state index contributed by atoms with van der Waals surface area (Å²) in [5.41, 5.74) is 21.1. The van der Waals surface area contributed by atoms with Crippen molar-refractivity contribution in [3.63, 3.8) is 0 Å². The highest BCUT2D eigenvalue weighted by Gasteiger charge is 2.42. The summed E-state index contributed by atoms with van der Waals surface area (Å²) in [7, 11) is 3.20. The summed E-state index contributed by atoms with van der Waals surface area (Å²) >= 11 is 0. The Bertz CT molecular complexity index is 5860. The number of nitrogens with zero attached hydrogens (tertiary/aromatic N) is 8. The number of rotatable bonds is 29. The van der Waals surface area contributed by atoms with Crippen molar-refractivity contribution in [2.24, 2.45) is 25.7 Å². The molecule has 28 nitrogen and oxygen atoms in total. The number of benzene rings is 7. The molecule has 134 heavy (non-hydrogen) atoms. The molecule has 3 atom stereocenters. The summed E-state index contributed by atoms with van der Waals surface area (Å²) in [4.78, 5) is 130. The van der Waals surface area contributed by atoms with Crippen molar-refractivity contribution in [2.75, 3.05) is 76.4 Å². The number of alkyl halides is 3. The standard InChI is InChI=1S/C100H121N13O13Si.C2HF3O2/c1-63(2)91(106-97(120)125-99(6,7)8)93(116)105-87(30-23-42-103-96(102)119)92(115)104-74-34-33-71(72(52-74)58-107(12)98(121)124-62-86-81-28-21-19-26-79(81)80-27-20-22-29-82(80)86)61-113(44-47-122-48-45-113)46-49-123-77-37-31-67(32-38-77)51-90(114)110-43-41-69-53-84(85(54-73(69)59-110)94(117)111-60-70-25-18-17-24-68(70)50-64(111)3)89-56-83(65(4)109(89)14)95(118)112(88-55-76(57-101)108(13)66(88)5)75-35-39-78(40-36-75)126-127(15,16)100(9,10)11;3-2(4,5)1(6)7/h17-22,24-29,31-40,52-56,63-64,86-87,91H,23,30,41-51,58-62H2,1-16H3,(H5-,102,103,104,105,106,115,116,119,120);(H,6,7)/t64-,87+,91+;/m1./s1. The van der Waals surface area contributed by atoms with Crippen molar-refractivity contribution >= 4 is 79.1 Å². The maximum Gasteiger partial charge on any atom is 0.430 e. The summed E-state index contributed by atoms with van der Waals surface area (Å²) in [6.45, 7) is 30.6. The van der Waals surface area contributed by atoms with E-state index in [2.05, 4.69) is 111 Å². The maximum atomic E-state index is 15.7. The van der Waals surface area contributed by atoms with E-state index in [1.165, 1.54) is 10.5 Å². The van der Waals surface area contributed by atoms with Crippen LogP contribution in [0.15, 0.2) is 164 Å². The Hall–Kier alpha value is -13.3. The summed E-state index contributed by atoms with van der Waals surface area (Å²) in [6, 6.07) is 52.2. The van der Waals surface area contributed by atoms with Gasteiger partial charge in [-0.2, -0.15) is 18.4 Å². The number of carboxylic acid groups (broad SMARTS) is 1. The molecule has 0 saturated carbocycles. The highest BCUT2D eigenvalue weighted by molar-refractivity contribution is 6.74. The molecule has 1 aliphatic carbocycles. The number of amides is 9. The fourth-order valence-corrected chi connectivity index (χ4v) is 18.3. The number of anilines is 3. The number of nitriles is 1. The Morgan fingerprint density at radius 1 is 0.724 bits per heavy atom. The van der Waals surface area contributed by atoms with Crippen LogP contribution >= 0.6 is 0 Å². The third-order valence-corrected chi connectivity index (χ3v) is 30.5. The normalized spacial score (nSPS) is 15.1. The van der Waals surface area contributed by atoms with Crippen LogP contribution in [0.3, 0.4) is 0 Å². The number of hydrogen-bond donors (Lipinski definition) is 5. The number of alkyl carbamates (subject to hydrolysis) is 1. The Labute approximate surface area is 781 Å². The van der Waals surface area contributed by atoms with Gasteiger partial charge in [0.2, 0.25) is 26.0 Å². The zero-order chi connectivity index (χ0) is 97.2. The molecule has 13 rings (SSSR count). The maximum absolute atomic E-state index is 15.7. The quantitative estimate of drug-likeness (QED) is 0.0165. The molecule has 2 aromatic heterocycles. The summed E-state index contributed by atoms with van der Waals surface area (Å²) in [5.74, 6) is -3.97. The number of aliphatic carboxylic acids is 1. The first-order valence-electron chi connectivity index (χ1n) is 45.2. The van der Waals surface area contributed by atoms with Gasteiger partial charge in [0.25, 0.3) is 11.8 Å². The van der Waals surface area contributed by atoms with Gasteiger partial charge < -0.3 is 88.6 Å². The number of primary amides is 1. The van der Waals surface area contributed by atoms with Crippen LogP contribution in [-0.2, 0) is 92.9 Å². The van der Waals surface area contributed by atoms with Crippen LogP contribution in [-0.4, -0.2) is 186 Å². The third kappa shape index (κ3) is 23.8. The largest absolute Gasteiger partial charge is 0.544 e. The van der Waals surface area contributed by atoms with Gasteiger partial charge in [-0.3, -0.25) is 28.9 Å². The number of carbonyl (C=O) groups is 9. The van der Waals surface area contributed by atoms with E-state index in [4.69, 9.17) is 39.0 Å². The molecule has 4 aliphatic rings. The molecular formula is C102H122F3N13O15Si. The number of halogens is 3. The molecule has 7 aromatic carbocycles. The highest BCUT2D eigenvalue weighted by Crippen LogP contribution is 2.46. The fourth-order valence-electron chi connectivity index (χ4n) is 17.3. The van der Waals surface area contributed by atoms with E-state index in [0.29, 0.717) is 139 Å². The Kier molecular flexibility index (Phi) is 31.2. The number of morpholine rings is 1. The number of aromatic nitrogens is 2. The van der Waals surface area contributed by atoms with Gasteiger partial charge >= 0.3 is 24.4 Å². The van der Waals surface area contributed by atoms with Gasteiger partial charge in [-0.05, 0) is 220 Å². The van der Waals surface area contributed by atoms with E-state index in [1.54, 1.807) is 63.3 Å². The highest BCUT2D eigenvalue weighted by atomic mass is 28.4. The van der Waals surface area contributed by atoms with Gasteiger partial charge in [0, 0.05) is 111 Å². The first-order chi connectivity index (χ1) is 63.3. The van der Waals surface area contributed by atoms with Crippen LogP contribution in [0, 0.1) is 31.1 Å². The van der Waals surface area contributed by atoms with Crippen LogP contribution in [0.2, 0.25) is 18.1 Å². The minimum Gasteiger partial charge on any atom is -0.544 e. The second-order valence-electron chi connectivity index (χ2n) is 38.0. The number of nitrogens with one attached hydrogen (secondary N) is 4. The Morgan fingerprint density at radius 2 is 1.36 bits per heavy atom. The van der Waals surface area contributed by atoms with Gasteiger partial charge in [-0.25, -0.2) is 14.4 Å². The van der Waals surface area contributed by atoms with Crippen molar-refractivity contribution in [1.29, 1.82) is 5.26 Å². The van der Waals surface area contributed by atoms with E-state index in [9.17, 15) is 47.2 Å². The van der Waals surface area contributed by atoms with Crippen LogP contribution in [0.25, 0.3) is 22.4 Å². The Balaban J connectivity index is 0.00000222. The fraction of sp³-hybridized carbons (Fsp3) is 0.412. The second kappa shape index (κ2) is 41.9. The SMILES string of the molecule is Cc1c(N(C(=O)c2cc(-c3cc4c(cc3C(=O)N3Cc5ccccc5C[C@H]3C)CN(C(=O)Cc3ccc(OCC[N+]5(Cc6ccc(NC(=O)[C@H](CCCNC(N)=O)NC(=O)[C@@H](NC(=O)OC(C)(C)C)C(C)C)cc6CN(C)C(=O)OCC6c7ccccc7-c7ccccc76)CCOCC5)cc3)CC4)n(C)c2C)c2ccc(O[Si](C)(C)C(C)(C)C)cc2)cc(C#N)n1C.O=C([O-])C(F)(F)F. The van der Waals surface area contributed by atoms with Crippen molar-refractivity contribution in [2.45, 2.75) is 188 Å². The third-order valence-electron chi connectivity index (χ3n) is 26.1. The lowest BCUT2D eigenvalue weighted by molar-refractivity contribution is -0.947. The lowest BCUT2D eigenvalue weighted by Crippen LogP contribution is -2.56. The number of carboxylic acids is 1. The molecule has 3 aliphatic heterocycles. The molecule has 1 saturated heterocycles. The Morgan fingerprint density at radius 3 is 1.97 bits per heavy atom. The average Bonchev–Trinajstić information content (AvgIpc) is 1.52. The molecule has 5 heterocycles. The molecule has 0 radical (unpaired) electrons. The van der Waals surface area contributed by atoms with Gasteiger partial charge in [0.1, 0.15) is 86.3 Å². The number of fused-ring (bicyclic) bond motifs is 5. The molecule has 1 fully saturated rings. The monoisotopic (exact) mass is 1850 g/mol. The lowest BCUT2D eigenvalue weighted by Gasteiger charge is -2.41. The van der Waals surface area contributed by atoms with E-state index in [-0.39, 0.29) is 80.2 Å². The van der Waals surface area contributed by atoms with Crippen molar-refractivity contribution in [3.8, 4) is 40.0 Å². The molecule has 9 aromatic rings. The number of ether oxygens (including phenoxy) is 4. The first-order valence-corrected chi connectivity index (χ1v) is 48.2. The topological polar surface area (TPSA) is 344 Å². The number of nitrogens with two attached hydrogens (primary N) is 1. The molecule has 0 bridgehead atoms. The zero-order valence-corrected chi connectivity index (χ0v) is 80.1. The predicted molar refractivity (Wildman–Crippen MR) is 504 cm³/mol. The van der Waals surface area contributed by atoms with Crippen LogP contribution < -0.4 is 46.2 Å². The summed E-state index contributed by atoms with van der Waals surface area (Å²) in [6.07, 6.45) is -4.86. The van der Waals surface area contributed by atoms with Gasteiger partial charge in [0.15, 0.2) is 0 Å². The molecule has 0 unspecified atom stereocenters.